The smallest absolute Gasteiger partial charge is 0.142 e. The van der Waals surface area contributed by atoms with Gasteiger partial charge in [0.2, 0.25) is 0 Å². The van der Waals surface area contributed by atoms with E-state index >= 15 is 0 Å². The van der Waals surface area contributed by atoms with Crippen LogP contribution >= 0.6 is 0 Å². The minimum atomic E-state index is 0.305. The van der Waals surface area contributed by atoms with Gasteiger partial charge in [-0.25, -0.2) is 4.98 Å². The normalized spacial score (nSPS) is 19.2. The van der Waals surface area contributed by atoms with Gasteiger partial charge in [0.25, 0.3) is 0 Å². The van der Waals surface area contributed by atoms with Crippen molar-refractivity contribution in [2.24, 2.45) is 0 Å². The number of rotatable bonds is 2. The molecule has 0 aliphatic carbocycles. The number of nitrogens with zero attached hydrogens (tertiary/aromatic N) is 4. The summed E-state index contributed by atoms with van der Waals surface area (Å²) in [6, 6.07) is 16.8. The summed E-state index contributed by atoms with van der Waals surface area (Å²) in [6.45, 7) is 2.95. The number of hydrogen-bond donors (Lipinski definition) is 0. The molecule has 0 N–H and O–H groups in total. The van der Waals surface area contributed by atoms with Gasteiger partial charge in [0.15, 0.2) is 0 Å². The second kappa shape index (κ2) is 5.94. The van der Waals surface area contributed by atoms with Crippen LogP contribution in [0.2, 0.25) is 0 Å². The second-order valence-electron chi connectivity index (χ2n) is 5.39. The van der Waals surface area contributed by atoms with Gasteiger partial charge in [0.05, 0.1) is 6.04 Å². The van der Waals surface area contributed by atoms with Gasteiger partial charge in [0.1, 0.15) is 11.8 Å². The summed E-state index contributed by atoms with van der Waals surface area (Å²) in [5, 5.41) is 9.05. The molecule has 0 bridgehead atoms. The van der Waals surface area contributed by atoms with Gasteiger partial charge >= 0.3 is 0 Å². The molecule has 21 heavy (non-hydrogen) atoms. The lowest BCUT2D eigenvalue weighted by Gasteiger charge is -2.41. The van der Waals surface area contributed by atoms with Crippen molar-refractivity contribution >= 4 is 5.69 Å². The first kappa shape index (κ1) is 13.6. The molecule has 0 amide bonds. The summed E-state index contributed by atoms with van der Waals surface area (Å²) >= 11 is 0. The summed E-state index contributed by atoms with van der Waals surface area (Å²) in [4.78, 5) is 8.79. The zero-order valence-corrected chi connectivity index (χ0v) is 12.1. The van der Waals surface area contributed by atoms with Crippen LogP contribution in [0, 0.1) is 11.3 Å². The first-order valence-corrected chi connectivity index (χ1v) is 7.14. The van der Waals surface area contributed by atoms with Crippen molar-refractivity contribution in [1.82, 2.24) is 9.88 Å². The van der Waals surface area contributed by atoms with Crippen LogP contribution in [0.25, 0.3) is 0 Å². The maximum absolute atomic E-state index is 9.05. The first-order chi connectivity index (χ1) is 10.3. The maximum Gasteiger partial charge on any atom is 0.142 e. The first-order valence-electron chi connectivity index (χ1n) is 7.14. The van der Waals surface area contributed by atoms with Crippen LogP contribution in [0.4, 0.5) is 5.69 Å². The van der Waals surface area contributed by atoms with E-state index in [0.29, 0.717) is 11.7 Å². The van der Waals surface area contributed by atoms with E-state index in [1.165, 1.54) is 5.56 Å². The molecule has 0 spiro atoms. The molecular weight excluding hydrogens is 260 g/mol. The maximum atomic E-state index is 9.05. The number of pyridine rings is 1. The lowest BCUT2D eigenvalue weighted by atomic mass is 10.0. The molecule has 1 unspecified atom stereocenters. The van der Waals surface area contributed by atoms with Crippen molar-refractivity contribution < 1.29 is 0 Å². The molecule has 0 radical (unpaired) electrons. The minimum Gasteiger partial charge on any atom is -0.362 e. The molecule has 1 aliphatic heterocycles. The van der Waals surface area contributed by atoms with Crippen molar-refractivity contribution in [3.8, 4) is 6.07 Å². The Kier molecular flexibility index (Phi) is 3.85. The van der Waals surface area contributed by atoms with E-state index < -0.39 is 0 Å². The van der Waals surface area contributed by atoms with E-state index in [2.05, 4.69) is 52.2 Å². The summed E-state index contributed by atoms with van der Waals surface area (Å²) < 4.78 is 0. The fraction of sp³-hybridized carbons (Fsp3) is 0.294. The Morgan fingerprint density at radius 1 is 1.19 bits per heavy atom. The number of anilines is 1. The standard InChI is InChI=1S/C17H18N4/c1-20-9-10-21(16-7-8-19-15(11-16)12-18)17(13-20)14-5-3-2-4-6-14/h2-8,11,17H,9-10,13H2,1H3. The van der Waals surface area contributed by atoms with Crippen LogP contribution in [0.3, 0.4) is 0 Å². The van der Waals surface area contributed by atoms with Crippen LogP contribution in [-0.4, -0.2) is 36.6 Å². The molecule has 1 aliphatic rings. The third-order valence-electron chi connectivity index (χ3n) is 3.96. The van der Waals surface area contributed by atoms with Crippen molar-refractivity contribution in [3.63, 3.8) is 0 Å². The molecule has 2 heterocycles. The van der Waals surface area contributed by atoms with E-state index in [1.807, 2.05) is 18.2 Å². The van der Waals surface area contributed by atoms with Gasteiger partial charge in [-0.2, -0.15) is 5.26 Å². The largest absolute Gasteiger partial charge is 0.362 e. The molecule has 1 fully saturated rings. The van der Waals surface area contributed by atoms with E-state index in [4.69, 9.17) is 5.26 Å². The molecule has 106 valence electrons. The van der Waals surface area contributed by atoms with E-state index in [-0.39, 0.29) is 0 Å². The predicted molar refractivity (Wildman–Crippen MR) is 83.0 cm³/mol. The molecule has 3 rings (SSSR count). The lowest BCUT2D eigenvalue weighted by Crippen LogP contribution is -2.47. The Labute approximate surface area is 125 Å². The second-order valence-corrected chi connectivity index (χ2v) is 5.39. The summed E-state index contributed by atoms with van der Waals surface area (Å²) in [7, 11) is 2.15. The highest BCUT2D eigenvalue weighted by atomic mass is 15.3. The van der Waals surface area contributed by atoms with Gasteiger partial charge in [-0.1, -0.05) is 30.3 Å². The van der Waals surface area contributed by atoms with Crippen molar-refractivity contribution in [2.45, 2.75) is 6.04 Å². The molecule has 0 saturated carbocycles. The third kappa shape index (κ3) is 2.88. The van der Waals surface area contributed by atoms with Crippen LogP contribution in [-0.2, 0) is 0 Å². The van der Waals surface area contributed by atoms with Gasteiger partial charge < -0.3 is 9.80 Å². The summed E-state index contributed by atoms with van der Waals surface area (Å²) in [6.07, 6.45) is 1.72. The minimum absolute atomic E-state index is 0.305. The molecule has 1 aromatic carbocycles. The Morgan fingerprint density at radius 3 is 2.76 bits per heavy atom. The highest BCUT2D eigenvalue weighted by molar-refractivity contribution is 5.51. The molecule has 4 nitrogen and oxygen atoms in total. The van der Waals surface area contributed by atoms with Crippen LogP contribution in [0.1, 0.15) is 17.3 Å². The summed E-state index contributed by atoms with van der Waals surface area (Å²) in [5.74, 6) is 0. The molecule has 1 aromatic heterocycles. The molecule has 1 atom stereocenters. The number of piperazine rings is 1. The van der Waals surface area contributed by atoms with Crippen molar-refractivity contribution in [2.75, 3.05) is 31.6 Å². The topological polar surface area (TPSA) is 43.2 Å². The van der Waals surface area contributed by atoms with Gasteiger partial charge in [-0.15, -0.1) is 0 Å². The number of hydrogen-bond acceptors (Lipinski definition) is 4. The fourth-order valence-electron chi connectivity index (χ4n) is 2.85. The van der Waals surface area contributed by atoms with Crippen LogP contribution in [0.5, 0.6) is 0 Å². The zero-order valence-electron chi connectivity index (χ0n) is 12.1. The predicted octanol–water partition coefficient (Wildman–Crippen LogP) is 2.45. The lowest BCUT2D eigenvalue weighted by molar-refractivity contribution is 0.269. The van der Waals surface area contributed by atoms with E-state index in [1.54, 1.807) is 6.20 Å². The zero-order chi connectivity index (χ0) is 14.7. The van der Waals surface area contributed by atoms with Crippen molar-refractivity contribution in [3.05, 3.63) is 59.9 Å². The molecule has 4 heteroatoms. The Bertz CT molecular complexity index is 647. The molecular formula is C17H18N4. The average Bonchev–Trinajstić information content (AvgIpc) is 2.55. The van der Waals surface area contributed by atoms with Gasteiger partial charge in [-0.05, 0) is 24.7 Å². The quantitative estimate of drug-likeness (QED) is 0.846. The van der Waals surface area contributed by atoms with Crippen LogP contribution in [0.15, 0.2) is 48.7 Å². The Balaban J connectivity index is 1.96. The SMILES string of the molecule is CN1CCN(c2ccnc(C#N)c2)C(c2ccccc2)C1. The number of nitriles is 1. The highest BCUT2D eigenvalue weighted by Gasteiger charge is 2.26. The van der Waals surface area contributed by atoms with Crippen LogP contribution < -0.4 is 4.90 Å². The Morgan fingerprint density at radius 2 is 2.00 bits per heavy atom. The monoisotopic (exact) mass is 278 g/mol. The highest BCUT2D eigenvalue weighted by Crippen LogP contribution is 2.30. The number of benzene rings is 1. The number of likely N-dealkylation sites (N-methyl/N-ethyl adjacent to an activating group) is 1. The molecule has 1 saturated heterocycles. The third-order valence-corrected chi connectivity index (χ3v) is 3.96. The van der Waals surface area contributed by atoms with Gasteiger partial charge in [-0.3, -0.25) is 0 Å². The number of aromatic nitrogens is 1. The van der Waals surface area contributed by atoms with Gasteiger partial charge in [0, 0.05) is 31.5 Å². The van der Waals surface area contributed by atoms with E-state index in [9.17, 15) is 0 Å². The fourth-order valence-corrected chi connectivity index (χ4v) is 2.85. The van der Waals surface area contributed by atoms with E-state index in [0.717, 1.165) is 25.3 Å². The Hall–Kier alpha value is -2.38. The summed E-state index contributed by atoms with van der Waals surface area (Å²) in [5.41, 5.74) is 2.85. The van der Waals surface area contributed by atoms with Crippen molar-refractivity contribution in [1.29, 1.82) is 5.26 Å². The molecule has 2 aromatic rings. The average molecular weight is 278 g/mol.